The van der Waals surface area contributed by atoms with Crippen LogP contribution in [-0.2, 0) is 17.8 Å². The molecule has 2 aromatic rings. The molecule has 1 fully saturated rings. The summed E-state index contributed by atoms with van der Waals surface area (Å²) in [6.07, 6.45) is 0.864. The first-order valence-electron chi connectivity index (χ1n) is 12.5. The summed E-state index contributed by atoms with van der Waals surface area (Å²) in [5.41, 5.74) is 3.58. The lowest BCUT2D eigenvalue weighted by Gasteiger charge is -2.34. The number of nitrogens with zero attached hydrogens (tertiary/aromatic N) is 3. The lowest BCUT2D eigenvalue weighted by Crippen LogP contribution is -2.52. The summed E-state index contributed by atoms with van der Waals surface area (Å²) in [5.74, 6) is -0.0153. The number of benzene rings is 2. The van der Waals surface area contributed by atoms with Crippen molar-refractivity contribution in [2.24, 2.45) is 0 Å². The number of nitrogens with one attached hydrogen (secondary N) is 2. The van der Waals surface area contributed by atoms with Gasteiger partial charge in [0, 0.05) is 57.1 Å². The van der Waals surface area contributed by atoms with Gasteiger partial charge in [-0.15, -0.1) is 0 Å². The molecule has 8 heteroatoms. The van der Waals surface area contributed by atoms with Crippen LogP contribution in [0.25, 0.3) is 0 Å². The molecule has 35 heavy (non-hydrogen) atoms. The fourth-order valence-electron chi connectivity index (χ4n) is 4.20. The highest BCUT2D eigenvalue weighted by atomic mass is 16.2. The number of amides is 4. The van der Waals surface area contributed by atoms with Gasteiger partial charge < -0.3 is 20.4 Å². The van der Waals surface area contributed by atoms with Crippen LogP contribution in [0, 0.1) is 0 Å². The van der Waals surface area contributed by atoms with Crippen LogP contribution >= 0.6 is 0 Å². The predicted octanol–water partition coefficient (Wildman–Crippen LogP) is 3.20. The topological polar surface area (TPSA) is 85.0 Å². The Bertz CT molecular complexity index is 996. The maximum atomic E-state index is 12.6. The maximum absolute atomic E-state index is 12.6. The number of piperazine rings is 1. The van der Waals surface area contributed by atoms with Gasteiger partial charge >= 0.3 is 6.03 Å². The molecule has 4 amide bonds. The molecule has 0 aromatic heterocycles. The Balaban J connectivity index is 1.41. The third kappa shape index (κ3) is 7.29. The summed E-state index contributed by atoms with van der Waals surface area (Å²) in [5, 5.41) is 5.96. The minimum atomic E-state index is -0.116. The molecule has 8 nitrogen and oxygen atoms in total. The third-order valence-electron chi connectivity index (χ3n) is 6.39. The molecule has 0 bridgehead atoms. The first kappa shape index (κ1) is 26.2. The van der Waals surface area contributed by atoms with Gasteiger partial charge in [-0.05, 0) is 49.6 Å². The summed E-state index contributed by atoms with van der Waals surface area (Å²) in [6, 6.07) is 15.1. The molecule has 188 valence electrons. The number of urea groups is 1. The monoisotopic (exact) mass is 479 g/mol. The van der Waals surface area contributed by atoms with Gasteiger partial charge in [0.2, 0.25) is 5.91 Å². The van der Waals surface area contributed by atoms with Crippen LogP contribution in [0.3, 0.4) is 0 Å². The molecule has 0 spiro atoms. The van der Waals surface area contributed by atoms with E-state index in [2.05, 4.69) is 22.5 Å². The Morgan fingerprint density at radius 3 is 2.17 bits per heavy atom. The SMILES string of the molecule is CCc1ccccc1NC(=O)CN1CCN(C(=O)NCc2ccc(C(=O)N(CC)CC)cc2)CC1. The van der Waals surface area contributed by atoms with Gasteiger partial charge in [0.1, 0.15) is 0 Å². The van der Waals surface area contributed by atoms with Gasteiger partial charge in [0.05, 0.1) is 6.54 Å². The fraction of sp³-hybridized carbons (Fsp3) is 0.444. The number of anilines is 1. The molecule has 1 heterocycles. The van der Waals surface area contributed by atoms with Crippen molar-refractivity contribution < 1.29 is 14.4 Å². The van der Waals surface area contributed by atoms with Crippen LogP contribution in [-0.4, -0.2) is 78.4 Å². The standard InChI is InChI=1S/C27H37N5O3/c1-4-22-9-7-8-10-24(22)29-25(33)20-30-15-17-32(18-16-30)27(35)28-19-21-11-13-23(14-12-21)26(34)31(5-2)6-3/h7-14H,4-6,15-20H2,1-3H3,(H,28,35)(H,29,33). The van der Waals surface area contributed by atoms with E-state index in [0.29, 0.717) is 57.9 Å². The van der Waals surface area contributed by atoms with Crippen molar-refractivity contribution in [3.63, 3.8) is 0 Å². The zero-order chi connectivity index (χ0) is 25.2. The smallest absolute Gasteiger partial charge is 0.317 e. The van der Waals surface area contributed by atoms with Gasteiger partial charge in [-0.1, -0.05) is 37.3 Å². The molecule has 0 saturated carbocycles. The second-order valence-corrected chi connectivity index (χ2v) is 8.66. The Labute approximate surface area is 208 Å². The Morgan fingerprint density at radius 1 is 0.886 bits per heavy atom. The van der Waals surface area contributed by atoms with Crippen LogP contribution in [0.1, 0.15) is 42.3 Å². The molecule has 2 aromatic carbocycles. The highest BCUT2D eigenvalue weighted by molar-refractivity contribution is 5.94. The Morgan fingerprint density at radius 2 is 1.54 bits per heavy atom. The van der Waals surface area contributed by atoms with Crippen LogP contribution in [0.4, 0.5) is 10.5 Å². The molecule has 2 N–H and O–H groups in total. The van der Waals surface area contributed by atoms with E-state index < -0.39 is 0 Å². The van der Waals surface area contributed by atoms with Gasteiger partial charge in [-0.25, -0.2) is 4.79 Å². The predicted molar refractivity (Wildman–Crippen MR) is 138 cm³/mol. The third-order valence-corrected chi connectivity index (χ3v) is 6.39. The lowest BCUT2D eigenvalue weighted by atomic mass is 10.1. The fourth-order valence-corrected chi connectivity index (χ4v) is 4.20. The molecule has 1 aliphatic rings. The molecular formula is C27H37N5O3. The number of carbonyl (C=O) groups is 3. The summed E-state index contributed by atoms with van der Waals surface area (Å²) < 4.78 is 0. The molecule has 1 aliphatic heterocycles. The van der Waals surface area contributed by atoms with Crippen molar-refractivity contribution in [3.8, 4) is 0 Å². The maximum Gasteiger partial charge on any atom is 0.317 e. The molecule has 3 rings (SSSR count). The van der Waals surface area contributed by atoms with Crippen molar-refractivity contribution in [1.82, 2.24) is 20.0 Å². The van der Waals surface area contributed by atoms with Gasteiger partial charge in [0.15, 0.2) is 0 Å². The van der Waals surface area contributed by atoms with Crippen molar-refractivity contribution >= 4 is 23.5 Å². The van der Waals surface area contributed by atoms with Crippen molar-refractivity contribution in [3.05, 3.63) is 65.2 Å². The van der Waals surface area contributed by atoms with Crippen LogP contribution in [0.5, 0.6) is 0 Å². The largest absolute Gasteiger partial charge is 0.339 e. The number of hydrogen-bond acceptors (Lipinski definition) is 4. The van der Waals surface area contributed by atoms with Crippen LogP contribution < -0.4 is 10.6 Å². The lowest BCUT2D eigenvalue weighted by molar-refractivity contribution is -0.117. The van der Waals surface area contributed by atoms with E-state index >= 15 is 0 Å². The molecule has 0 radical (unpaired) electrons. The minimum Gasteiger partial charge on any atom is -0.339 e. The van der Waals surface area contributed by atoms with Crippen molar-refractivity contribution in [2.45, 2.75) is 33.7 Å². The summed E-state index contributed by atoms with van der Waals surface area (Å²) in [6.45, 7) is 10.5. The number of rotatable bonds is 9. The van der Waals surface area contributed by atoms with E-state index in [1.54, 1.807) is 9.80 Å². The zero-order valence-electron chi connectivity index (χ0n) is 21.0. The number of hydrogen-bond donors (Lipinski definition) is 2. The number of aryl methyl sites for hydroxylation is 1. The summed E-state index contributed by atoms with van der Waals surface area (Å²) in [7, 11) is 0. The van der Waals surface area contributed by atoms with E-state index in [1.807, 2.05) is 62.4 Å². The average Bonchev–Trinajstić information content (AvgIpc) is 2.89. The van der Waals surface area contributed by atoms with E-state index in [0.717, 1.165) is 23.2 Å². The number of carbonyl (C=O) groups excluding carboxylic acids is 3. The van der Waals surface area contributed by atoms with E-state index in [4.69, 9.17) is 0 Å². The van der Waals surface area contributed by atoms with Crippen LogP contribution in [0.15, 0.2) is 48.5 Å². The van der Waals surface area contributed by atoms with E-state index in [-0.39, 0.29) is 17.8 Å². The molecular weight excluding hydrogens is 442 g/mol. The van der Waals surface area contributed by atoms with E-state index in [1.165, 1.54) is 0 Å². The second-order valence-electron chi connectivity index (χ2n) is 8.66. The summed E-state index contributed by atoms with van der Waals surface area (Å²) in [4.78, 5) is 43.2. The number of para-hydroxylation sites is 1. The van der Waals surface area contributed by atoms with Crippen LogP contribution in [0.2, 0.25) is 0 Å². The molecule has 1 saturated heterocycles. The minimum absolute atomic E-state index is 0.0201. The Kier molecular flexibility index (Phi) is 9.66. The molecule has 0 aliphatic carbocycles. The van der Waals surface area contributed by atoms with Crippen molar-refractivity contribution in [2.75, 3.05) is 51.1 Å². The normalized spacial score (nSPS) is 13.9. The Hall–Kier alpha value is -3.39. The van der Waals surface area contributed by atoms with Gasteiger partial charge in [0.25, 0.3) is 5.91 Å². The highest BCUT2D eigenvalue weighted by Gasteiger charge is 2.22. The summed E-state index contributed by atoms with van der Waals surface area (Å²) >= 11 is 0. The average molecular weight is 480 g/mol. The van der Waals surface area contributed by atoms with E-state index in [9.17, 15) is 14.4 Å². The van der Waals surface area contributed by atoms with Crippen molar-refractivity contribution in [1.29, 1.82) is 0 Å². The second kappa shape index (κ2) is 12.9. The molecule has 0 unspecified atom stereocenters. The van der Waals surface area contributed by atoms with Gasteiger partial charge in [-0.2, -0.15) is 0 Å². The highest BCUT2D eigenvalue weighted by Crippen LogP contribution is 2.15. The quantitative estimate of drug-likeness (QED) is 0.579. The molecule has 0 atom stereocenters. The van der Waals surface area contributed by atoms with Gasteiger partial charge in [-0.3, -0.25) is 14.5 Å². The zero-order valence-corrected chi connectivity index (χ0v) is 21.0. The first-order chi connectivity index (χ1) is 16.9. The first-order valence-corrected chi connectivity index (χ1v) is 12.5.